The molecule has 1 aliphatic heterocycles. The Bertz CT molecular complexity index is 867. The van der Waals surface area contributed by atoms with Crippen LogP contribution in [-0.2, 0) is 0 Å². The summed E-state index contributed by atoms with van der Waals surface area (Å²) in [7, 11) is 0. The summed E-state index contributed by atoms with van der Waals surface area (Å²) in [6.07, 6.45) is 0. The number of aromatic nitrogens is 2. The van der Waals surface area contributed by atoms with E-state index in [-0.39, 0.29) is 5.91 Å². The quantitative estimate of drug-likeness (QED) is 0.714. The molecule has 1 amide bonds. The lowest BCUT2D eigenvalue weighted by molar-refractivity contribution is 0.0746. The topological polar surface area (TPSA) is 49.3 Å². The lowest BCUT2D eigenvalue weighted by atomic mass is 10.1. The van der Waals surface area contributed by atoms with Crippen molar-refractivity contribution in [1.29, 1.82) is 0 Å². The summed E-state index contributed by atoms with van der Waals surface area (Å²) in [6.45, 7) is 4.87. The van der Waals surface area contributed by atoms with E-state index in [0.717, 1.165) is 35.7 Å². The molecule has 1 aromatic carbocycles. The monoisotopic (exact) mass is 364 g/mol. The summed E-state index contributed by atoms with van der Waals surface area (Å²) in [5.74, 6) is 0.973. The molecule has 1 fully saturated rings. The average molecular weight is 364 g/mol. The molecular weight excluding hydrogens is 344 g/mol. The average Bonchev–Trinajstić information content (AvgIpc) is 3.23. The molecule has 1 aliphatic rings. The Kier molecular flexibility index (Phi) is 4.67. The minimum atomic E-state index is 0.0948. The molecule has 0 atom stereocenters. The van der Waals surface area contributed by atoms with Gasteiger partial charge in [-0.05, 0) is 48.2 Å². The SMILES string of the molecule is Cc1ccc(N2CCN(C(=O)c3ccc(-c4cccs4)cc3)CC2)nn1. The van der Waals surface area contributed by atoms with Crippen molar-refractivity contribution in [3.05, 3.63) is 65.2 Å². The highest BCUT2D eigenvalue weighted by molar-refractivity contribution is 7.13. The lowest BCUT2D eigenvalue weighted by Crippen LogP contribution is -2.49. The van der Waals surface area contributed by atoms with Crippen molar-refractivity contribution in [2.24, 2.45) is 0 Å². The van der Waals surface area contributed by atoms with E-state index in [0.29, 0.717) is 13.1 Å². The molecule has 132 valence electrons. The Morgan fingerprint density at radius 1 is 0.962 bits per heavy atom. The Morgan fingerprint density at radius 3 is 2.35 bits per heavy atom. The number of thiophene rings is 1. The number of rotatable bonds is 3. The number of carbonyl (C=O) groups is 1. The van der Waals surface area contributed by atoms with Gasteiger partial charge in [-0.3, -0.25) is 4.79 Å². The van der Waals surface area contributed by atoms with E-state index in [1.54, 1.807) is 11.3 Å². The van der Waals surface area contributed by atoms with Gasteiger partial charge in [-0.2, -0.15) is 5.10 Å². The first-order valence-electron chi connectivity index (χ1n) is 8.69. The third-order valence-electron chi connectivity index (χ3n) is 4.61. The first kappa shape index (κ1) is 16.7. The highest BCUT2D eigenvalue weighted by atomic mass is 32.1. The highest BCUT2D eigenvalue weighted by Crippen LogP contribution is 2.25. The molecule has 0 radical (unpaired) electrons. The molecule has 26 heavy (non-hydrogen) atoms. The first-order chi connectivity index (χ1) is 12.7. The number of amides is 1. The lowest BCUT2D eigenvalue weighted by Gasteiger charge is -2.35. The molecule has 0 saturated carbocycles. The van der Waals surface area contributed by atoms with Crippen LogP contribution >= 0.6 is 11.3 Å². The summed E-state index contributed by atoms with van der Waals surface area (Å²) in [5, 5.41) is 10.4. The highest BCUT2D eigenvalue weighted by Gasteiger charge is 2.23. The van der Waals surface area contributed by atoms with E-state index in [1.807, 2.05) is 54.3 Å². The molecule has 2 aromatic heterocycles. The van der Waals surface area contributed by atoms with Gasteiger partial charge in [0.1, 0.15) is 0 Å². The van der Waals surface area contributed by atoms with Crippen LogP contribution in [-0.4, -0.2) is 47.2 Å². The van der Waals surface area contributed by atoms with Gasteiger partial charge in [0.2, 0.25) is 0 Å². The minimum absolute atomic E-state index is 0.0948. The Labute approximate surface area is 156 Å². The van der Waals surface area contributed by atoms with Crippen molar-refractivity contribution in [3.8, 4) is 10.4 Å². The molecule has 3 heterocycles. The summed E-state index contributed by atoms with van der Waals surface area (Å²) < 4.78 is 0. The maximum atomic E-state index is 12.8. The summed E-state index contributed by atoms with van der Waals surface area (Å²) in [6, 6.07) is 16.0. The minimum Gasteiger partial charge on any atom is -0.352 e. The van der Waals surface area contributed by atoms with Gasteiger partial charge in [0.15, 0.2) is 5.82 Å². The van der Waals surface area contributed by atoms with Crippen LogP contribution in [0.4, 0.5) is 5.82 Å². The molecule has 5 nitrogen and oxygen atoms in total. The Morgan fingerprint density at radius 2 is 1.73 bits per heavy atom. The van der Waals surface area contributed by atoms with Crippen LogP contribution in [0.15, 0.2) is 53.9 Å². The Hall–Kier alpha value is -2.73. The maximum absolute atomic E-state index is 12.8. The van der Waals surface area contributed by atoms with Gasteiger partial charge < -0.3 is 9.80 Å². The van der Waals surface area contributed by atoms with Crippen LogP contribution in [0.5, 0.6) is 0 Å². The normalized spacial score (nSPS) is 14.5. The zero-order valence-electron chi connectivity index (χ0n) is 14.6. The maximum Gasteiger partial charge on any atom is 0.253 e. The zero-order chi connectivity index (χ0) is 17.9. The molecule has 6 heteroatoms. The van der Waals surface area contributed by atoms with E-state index in [1.165, 1.54) is 4.88 Å². The van der Waals surface area contributed by atoms with E-state index in [9.17, 15) is 4.79 Å². The summed E-state index contributed by atoms with van der Waals surface area (Å²) in [5.41, 5.74) is 2.81. The van der Waals surface area contributed by atoms with Gasteiger partial charge in [-0.15, -0.1) is 16.4 Å². The van der Waals surface area contributed by atoms with Gasteiger partial charge in [0.05, 0.1) is 5.69 Å². The molecule has 0 bridgehead atoms. The Balaban J connectivity index is 1.39. The largest absolute Gasteiger partial charge is 0.352 e. The fraction of sp³-hybridized carbons (Fsp3) is 0.250. The van der Waals surface area contributed by atoms with Crippen molar-refractivity contribution in [1.82, 2.24) is 15.1 Å². The number of nitrogens with zero attached hydrogens (tertiary/aromatic N) is 4. The van der Waals surface area contributed by atoms with Crippen LogP contribution in [0.1, 0.15) is 16.1 Å². The van der Waals surface area contributed by atoms with Crippen LogP contribution < -0.4 is 4.90 Å². The third-order valence-corrected chi connectivity index (χ3v) is 5.53. The van der Waals surface area contributed by atoms with Gasteiger partial charge in [-0.25, -0.2) is 0 Å². The number of anilines is 1. The zero-order valence-corrected chi connectivity index (χ0v) is 15.4. The van der Waals surface area contributed by atoms with Crippen LogP contribution in [0.25, 0.3) is 10.4 Å². The van der Waals surface area contributed by atoms with Crippen molar-refractivity contribution in [2.75, 3.05) is 31.1 Å². The molecule has 1 saturated heterocycles. The van der Waals surface area contributed by atoms with E-state index in [4.69, 9.17) is 0 Å². The number of benzene rings is 1. The second-order valence-electron chi connectivity index (χ2n) is 6.37. The first-order valence-corrected chi connectivity index (χ1v) is 9.57. The van der Waals surface area contributed by atoms with E-state index < -0.39 is 0 Å². The molecule has 0 N–H and O–H groups in total. The molecule has 3 aromatic rings. The van der Waals surface area contributed by atoms with E-state index in [2.05, 4.69) is 26.5 Å². The van der Waals surface area contributed by atoms with Crippen LogP contribution in [0.3, 0.4) is 0 Å². The van der Waals surface area contributed by atoms with Crippen LogP contribution in [0, 0.1) is 6.92 Å². The number of aryl methyl sites for hydroxylation is 1. The van der Waals surface area contributed by atoms with Crippen molar-refractivity contribution < 1.29 is 4.79 Å². The summed E-state index contributed by atoms with van der Waals surface area (Å²) >= 11 is 1.71. The van der Waals surface area contributed by atoms with Gasteiger partial charge in [0, 0.05) is 36.6 Å². The fourth-order valence-electron chi connectivity index (χ4n) is 3.10. The third kappa shape index (κ3) is 3.46. The predicted octanol–water partition coefficient (Wildman–Crippen LogP) is 3.48. The molecule has 0 aliphatic carbocycles. The molecule has 0 unspecified atom stereocenters. The second-order valence-corrected chi connectivity index (χ2v) is 7.31. The smallest absolute Gasteiger partial charge is 0.253 e. The molecule has 0 spiro atoms. The van der Waals surface area contributed by atoms with Gasteiger partial charge in [-0.1, -0.05) is 18.2 Å². The van der Waals surface area contributed by atoms with Gasteiger partial charge in [0.25, 0.3) is 5.91 Å². The number of hydrogen-bond acceptors (Lipinski definition) is 5. The van der Waals surface area contributed by atoms with Crippen molar-refractivity contribution in [3.63, 3.8) is 0 Å². The second kappa shape index (κ2) is 7.25. The summed E-state index contributed by atoms with van der Waals surface area (Å²) in [4.78, 5) is 18.1. The van der Waals surface area contributed by atoms with E-state index >= 15 is 0 Å². The number of hydrogen-bond donors (Lipinski definition) is 0. The number of piperazine rings is 1. The number of carbonyl (C=O) groups excluding carboxylic acids is 1. The van der Waals surface area contributed by atoms with Crippen molar-refractivity contribution in [2.45, 2.75) is 6.92 Å². The van der Waals surface area contributed by atoms with Gasteiger partial charge >= 0.3 is 0 Å². The predicted molar refractivity (Wildman–Crippen MR) is 105 cm³/mol. The van der Waals surface area contributed by atoms with Crippen LogP contribution in [0.2, 0.25) is 0 Å². The van der Waals surface area contributed by atoms with Crippen molar-refractivity contribution >= 4 is 23.1 Å². The standard InChI is InChI=1S/C20H20N4OS/c1-15-4-9-19(22-21-15)23-10-12-24(13-11-23)20(25)17-7-5-16(6-8-17)18-3-2-14-26-18/h2-9,14H,10-13H2,1H3. The molecule has 4 rings (SSSR count). The fourth-order valence-corrected chi connectivity index (χ4v) is 3.83. The molecular formula is C20H20N4OS.